The number of halogens is 3. The molecule has 0 fully saturated rings. The van der Waals surface area contributed by atoms with Gasteiger partial charge in [-0.15, -0.1) is 0 Å². The first kappa shape index (κ1) is 35.7. The summed E-state index contributed by atoms with van der Waals surface area (Å²) in [6.45, 7) is 3.72. The molecular formula is C32H33BrCl2N4O8. The molecule has 0 saturated carbocycles. The number of hydrogen-bond acceptors (Lipinski definition) is 10. The van der Waals surface area contributed by atoms with Gasteiger partial charge in [-0.05, 0) is 61.4 Å². The molecule has 0 aromatic heterocycles. The quantitative estimate of drug-likeness (QED) is 0.0688. The molecule has 0 aliphatic carbocycles. The van der Waals surface area contributed by atoms with Crippen molar-refractivity contribution >= 4 is 57.3 Å². The fraction of sp³-hybridized carbons (Fsp3) is 0.281. The van der Waals surface area contributed by atoms with Crippen LogP contribution in [0.4, 0.5) is 4.79 Å². The van der Waals surface area contributed by atoms with E-state index >= 15 is 0 Å². The summed E-state index contributed by atoms with van der Waals surface area (Å²) in [7, 11) is 2.79. The van der Waals surface area contributed by atoms with Gasteiger partial charge in [0.15, 0.2) is 29.2 Å². The summed E-state index contributed by atoms with van der Waals surface area (Å²) in [6, 6.07) is 12.5. The van der Waals surface area contributed by atoms with Crippen molar-refractivity contribution in [2.75, 3.05) is 27.4 Å². The van der Waals surface area contributed by atoms with Crippen LogP contribution in [-0.4, -0.2) is 57.0 Å². The number of urea groups is 1. The highest BCUT2D eigenvalue weighted by Crippen LogP contribution is 2.36. The number of nitrogens with zero attached hydrogens (tertiary/aromatic N) is 1. The molecule has 0 bridgehead atoms. The molecule has 2 atom stereocenters. The summed E-state index contributed by atoms with van der Waals surface area (Å²) in [4.78, 5) is 24.7. The monoisotopic (exact) mass is 750 g/mol. The van der Waals surface area contributed by atoms with E-state index in [1.54, 1.807) is 62.4 Å². The van der Waals surface area contributed by atoms with Gasteiger partial charge in [-0.25, -0.2) is 9.59 Å². The lowest BCUT2D eigenvalue weighted by Crippen LogP contribution is -2.45. The minimum absolute atomic E-state index is 0.185. The van der Waals surface area contributed by atoms with Gasteiger partial charge >= 0.3 is 12.0 Å². The maximum Gasteiger partial charge on any atom is 0.337 e. The van der Waals surface area contributed by atoms with Crippen molar-refractivity contribution in [1.29, 1.82) is 0 Å². The van der Waals surface area contributed by atoms with E-state index in [1.807, 2.05) is 0 Å². The Kier molecular flexibility index (Phi) is 12.6. The molecule has 4 rings (SSSR count). The Labute approximate surface area is 290 Å². The number of allylic oxidation sites excluding steroid dienone is 1. The van der Waals surface area contributed by atoms with Gasteiger partial charge in [-0.3, -0.25) is 5.43 Å². The van der Waals surface area contributed by atoms with Crippen LogP contribution < -0.4 is 35.0 Å². The molecule has 12 nitrogen and oxygen atoms in total. The van der Waals surface area contributed by atoms with Crippen molar-refractivity contribution in [3.63, 3.8) is 0 Å². The topological polar surface area (TPSA) is 149 Å². The standard InChI is InChI=1S/C32H33BrCl2N4O8/c1-5-45-25-12-19(29-28(31(41)44-4)17(2)37-32(42)38-29)7-9-24(25)46-16-27(40)39-36-14-20-11-21(33)13-26(43-3)30(20)47-15-18-6-8-22(34)23(35)10-18/h6-14,27,29,39-40H,5,15-16H2,1-4H3,(H2,37,38,42)/b36-14+/t27-,29-/m0/s1. The Morgan fingerprint density at radius 1 is 1.06 bits per heavy atom. The normalized spacial score (nSPS) is 15.1. The number of benzene rings is 3. The molecule has 47 heavy (non-hydrogen) atoms. The first-order chi connectivity index (χ1) is 22.5. The molecule has 2 amide bonds. The Hall–Kier alpha value is -4.17. The maximum atomic E-state index is 12.5. The van der Waals surface area contributed by atoms with E-state index in [0.717, 1.165) is 10.0 Å². The van der Waals surface area contributed by atoms with E-state index in [1.165, 1.54) is 20.4 Å². The molecule has 1 aliphatic heterocycles. The molecule has 0 spiro atoms. The second-order valence-electron chi connectivity index (χ2n) is 9.98. The molecular weight excluding hydrogens is 719 g/mol. The molecule has 250 valence electrons. The second-order valence-corrected chi connectivity index (χ2v) is 11.7. The summed E-state index contributed by atoms with van der Waals surface area (Å²) < 4.78 is 28.8. The predicted molar refractivity (Wildman–Crippen MR) is 180 cm³/mol. The van der Waals surface area contributed by atoms with Crippen LogP contribution in [0.25, 0.3) is 0 Å². The SMILES string of the molecule is CCOc1cc([C@@H]2NC(=O)NC(C)=C2C(=O)OC)ccc1OC[C@H](O)N/N=C/c1cc(Br)cc(OC)c1OCc1ccc(Cl)c(Cl)c1. The number of aliphatic hydroxyl groups is 1. The van der Waals surface area contributed by atoms with E-state index in [4.69, 9.17) is 46.9 Å². The van der Waals surface area contributed by atoms with Crippen LogP contribution >= 0.6 is 39.1 Å². The third-order valence-corrected chi connectivity index (χ3v) is 7.93. The van der Waals surface area contributed by atoms with Crippen LogP contribution in [0.1, 0.15) is 36.6 Å². The number of hydrogen-bond donors (Lipinski definition) is 4. The highest BCUT2D eigenvalue weighted by molar-refractivity contribution is 9.10. The minimum Gasteiger partial charge on any atom is -0.493 e. The average molecular weight is 752 g/mol. The minimum atomic E-state index is -1.21. The van der Waals surface area contributed by atoms with Crippen LogP contribution in [0.2, 0.25) is 10.0 Å². The smallest absolute Gasteiger partial charge is 0.337 e. The Balaban J connectivity index is 1.44. The fourth-order valence-electron chi connectivity index (χ4n) is 4.59. The summed E-state index contributed by atoms with van der Waals surface area (Å²) in [6.07, 6.45) is 0.262. The van der Waals surface area contributed by atoms with Gasteiger partial charge < -0.3 is 39.4 Å². The number of hydrazone groups is 1. The lowest BCUT2D eigenvalue weighted by atomic mass is 9.95. The lowest BCUT2D eigenvalue weighted by molar-refractivity contribution is -0.136. The molecule has 1 aliphatic rings. The van der Waals surface area contributed by atoms with Gasteiger partial charge in [-0.2, -0.15) is 5.10 Å². The van der Waals surface area contributed by atoms with Gasteiger partial charge in [0.25, 0.3) is 0 Å². The van der Waals surface area contributed by atoms with Gasteiger partial charge in [0.2, 0.25) is 0 Å². The summed E-state index contributed by atoms with van der Waals surface area (Å²) >= 11 is 15.6. The fourth-order valence-corrected chi connectivity index (χ4v) is 5.37. The Morgan fingerprint density at radius 2 is 1.85 bits per heavy atom. The van der Waals surface area contributed by atoms with E-state index in [2.05, 4.69) is 37.1 Å². The highest BCUT2D eigenvalue weighted by atomic mass is 79.9. The van der Waals surface area contributed by atoms with Gasteiger partial charge in [0, 0.05) is 15.7 Å². The zero-order chi connectivity index (χ0) is 34.1. The van der Waals surface area contributed by atoms with Crippen molar-refractivity contribution < 1.29 is 38.4 Å². The van der Waals surface area contributed by atoms with Crippen molar-refractivity contribution in [2.45, 2.75) is 32.7 Å². The first-order valence-electron chi connectivity index (χ1n) is 14.2. The van der Waals surface area contributed by atoms with E-state index in [-0.39, 0.29) is 18.8 Å². The zero-order valence-corrected chi connectivity index (χ0v) is 29.0. The number of aliphatic hydroxyl groups excluding tert-OH is 1. The Bertz CT molecular complexity index is 1690. The number of ether oxygens (including phenoxy) is 5. The molecule has 0 saturated heterocycles. The molecule has 0 unspecified atom stereocenters. The van der Waals surface area contributed by atoms with E-state index in [9.17, 15) is 14.7 Å². The predicted octanol–water partition coefficient (Wildman–Crippen LogP) is 5.86. The summed E-state index contributed by atoms with van der Waals surface area (Å²) in [5.74, 6) is 0.977. The molecule has 1 heterocycles. The average Bonchev–Trinajstić information content (AvgIpc) is 3.04. The van der Waals surface area contributed by atoms with Crippen molar-refractivity contribution in [2.24, 2.45) is 5.10 Å². The third kappa shape index (κ3) is 9.22. The van der Waals surface area contributed by atoms with E-state index in [0.29, 0.717) is 56.5 Å². The molecule has 0 radical (unpaired) electrons. The van der Waals surface area contributed by atoms with Crippen LogP contribution in [-0.2, 0) is 16.1 Å². The maximum absolute atomic E-state index is 12.5. The number of methoxy groups -OCH3 is 2. The van der Waals surface area contributed by atoms with Crippen LogP contribution in [0.15, 0.2) is 69.4 Å². The molecule has 3 aromatic rings. The number of rotatable bonds is 14. The highest BCUT2D eigenvalue weighted by Gasteiger charge is 2.32. The van der Waals surface area contributed by atoms with Gasteiger partial charge in [-0.1, -0.05) is 51.3 Å². The second kappa shape index (κ2) is 16.6. The molecule has 3 aromatic carbocycles. The largest absolute Gasteiger partial charge is 0.493 e. The Morgan fingerprint density at radius 3 is 2.55 bits per heavy atom. The van der Waals surface area contributed by atoms with E-state index < -0.39 is 24.3 Å². The first-order valence-corrected chi connectivity index (χ1v) is 15.8. The van der Waals surface area contributed by atoms with Crippen molar-refractivity contribution in [3.05, 3.63) is 91.0 Å². The number of amides is 2. The summed E-state index contributed by atoms with van der Waals surface area (Å²) in [5, 5.41) is 20.9. The van der Waals surface area contributed by atoms with Crippen LogP contribution in [0, 0.1) is 0 Å². The summed E-state index contributed by atoms with van der Waals surface area (Å²) in [5.41, 5.74) is 5.19. The third-order valence-electron chi connectivity index (χ3n) is 6.73. The number of nitrogens with one attached hydrogen (secondary N) is 3. The number of carbonyl (C=O) groups excluding carboxylic acids is 2. The van der Waals surface area contributed by atoms with Gasteiger partial charge in [0.1, 0.15) is 13.2 Å². The molecule has 4 N–H and O–H groups in total. The lowest BCUT2D eigenvalue weighted by Gasteiger charge is -2.28. The van der Waals surface area contributed by atoms with Gasteiger partial charge in [0.05, 0.1) is 48.7 Å². The number of carbonyl (C=O) groups is 2. The van der Waals surface area contributed by atoms with Crippen molar-refractivity contribution in [3.8, 4) is 23.0 Å². The number of esters is 1. The van der Waals surface area contributed by atoms with Crippen molar-refractivity contribution in [1.82, 2.24) is 16.1 Å². The van der Waals surface area contributed by atoms with Crippen LogP contribution in [0.5, 0.6) is 23.0 Å². The van der Waals surface area contributed by atoms with Crippen LogP contribution in [0.3, 0.4) is 0 Å². The molecule has 15 heteroatoms. The zero-order valence-electron chi connectivity index (χ0n) is 25.9.